The van der Waals surface area contributed by atoms with Crippen LogP contribution < -0.4 is 0 Å². The largest absolute Gasteiger partial charge is 0.507 e. The molecule has 2 fully saturated rings. The van der Waals surface area contributed by atoms with E-state index in [4.69, 9.17) is 0 Å². The van der Waals surface area contributed by atoms with Gasteiger partial charge in [0, 0.05) is 12.6 Å². The fraction of sp³-hybridized carbons (Fsp3) is 0.600. The molecule has 5 heteroatoms. The lowest BCUT2D eigenvalue weighted by atomic mass is 9.79. The number of piperidine rings is 1. The highest BCUT2D eigenvalue weighted by Crippen LogP contribution is 2.39. The van der Waals surface area contributed by atoms with Gasteiger partial charge in [-0.25, -0.2) is 8.42 Å². The van der Waals surface area contributed by atoms with Crippen LogP contribution in [0.4, 0.5) is 0 Å². The van der Waals surface area contributed by atoms with E-state index in [2.05, 4.69) is 0 Å². The number of aromatic hydroxyl groups is 1. The van der Waals surface area contributed by atoms with E-state index in [1.54, 1.807) is 16.4 Å². The number of nitrogens with zero attached hydrogens (tertiary/aromatic N) is 1. The molecule has 1 N–H and O–H groups in total. The Bertz CT molecular complexity index is 583. The topological polar surface area (TPSA) is 57.6 Å². The van der Waals surface area contributed by atoms with Gasteiger partial charge < -0.3 is 5.11 Å². The normalized spacial score (nSPS) is 28.0. The third-order valence-electron chi connectivity index (χ3n) is 4.64. The van der Waals surface area contributed by atoms with E-state index in [1.807, 2.05) is 0 Å². The SMILES string of the molecule is O=S(=O)(c1ccccc1O)N1CCCC2CCCCC21. The van der Waals surface area contributed by atoms with Crippen molar-refractivity contribution in [2.45, 2.75) is 49.5 Å². The standard InChI is InChI=1S/C15H21NO3S/c17-14-9-3-4-10-15(14)20(18,19)16-11-5-7-12-6-1-2-8-13(12)16/h3-4,9-10,12-13,17H,1-2,5-8,11H2. The minimum absolute atomic E-state index is 0.0474. The van der Waals surface area contributed by atoms with Crippen molar-refractivity contribution in [3.05, 3.63) is 24.3 Å². The zero-order chi connectivity index (χ0) is 14.2. The molecule has 0 bridgehead atoms. The highest BCUT2D eigenvalue weighted by atomic mass is 32.2. The molecule has 2 atom stereocenters. The van der Waals surface area contributed by atoms with E-state index in [1.165, 1.54) is 18.6 Å². The zero-order valence-electron chi connectivity index (χ0n) is 11.5. The monoisotopic (exact) mass is 295 g/mol. The third kappa shape index (κ3) is 2.33. The molecule has 0 spiro atoms. The maximum Gasteiger partial charge on any atom is 0.247 e. The highest BCUT2D eigenvalue weighted by Gasteiger charge is 2.40. The molecule has 110 valence electrons. The predicted molar refractivity (Wildman–Crippen MR) is 77.0 cm³/mol. The Labute approximate surface area is 120 Å². The summed E-state index contributed by atoms with van der Waals surface area (Å²) in [5.41, 5.74) is 0. The summed E-state index contributed by atoms with van der Waals surface area (Å²) in [5, 5.41) is 9.87. The number of hydrogen-bond acceptors (Lipinski definition) is 3. The third-order valence-corrected chi connectivity index (χ3v) is 6.62. The molecule has 2 unspecified atom stereocenters. The van der Waals surface area contributed by atoms with Crippen LogP contribution in [0, 0.1) is 5.92 Å². The fourth-order valence-electron chi connectivity index (χ4n) is 3.68. The highest BCUT2D eigenvalue weighted by molar-refractivity contribution is 7.89. The van der Waals surface area contributed by atoms with Gasteiger partial charge in [-0.1, -0.05) is 25.0 Å². The van der Waals surface area contributed by atoms with Crippen molar-refractivity contribution >= 4 is 10.0 Å². The minimum Gasteiger partial charge on any atom is -0.507 e. The smallest absolute Gasteiger partial charge is 0.247 e. The molecule has 20 heavy (non-hydrogen) atoms. The van der Waals surface area contributed by atoms with E-state index in [-0.39, 0.29) is 16.7 Å². The summed E-state index contributed by atoms with van der Waals surface area (Å²) in [4.78, 5) is 0.0474. The first-order chi connectivity index (χ1) is 9.60. The lowest BCUT2D eigenvalue weighted by molar-refractivity contribution is 0.129. The summed E-state index contributed by atoms with van der Waals surface area (Å²) in [5.74, 6) is 0.351. The molecule has 0 amide bonds. The summed E-state index contributed by atoms with van der Waals surface area (Å²) >= 11 is 0. The number of benzene rings is 1. The van der Waals surface area contributed by atoms with Crippen molar-refractivity contribution in [2.75, 3.05) is 6.54 Å². The van der Waals surface area contributed by atoms with Gasteiger partial charge in [-0.2, -0.15) is 4.31 Å². The molecular formula is C15H21NO3S. The number of para-hydroxylation sites is 1. The number of rotatable bonds is 2. The van der Waals surface area contributed by atoms with E-state index < -0.39 is 10.0 Å². The Balaban J connectivity index is 1.96. The number of sulfonamides is 1. The minimum atomic E-state index is -3.58. The van der Waals surface area contributed by atoms with Gasteiger partial charge in [-0.05, 0) is 43.7 Å². The maximum atomic E-state index is 12.8. The van der Waals surface area contributed by atoms with Gasteiger partial charge in [0.1, 0.15) is 10.6 Å². The van der Waals surface area contributed by atoms with Gasteiger partial charge in [0.15, 0.2) is 0 Å². The molecule has 1 aromatic rings. The van der Waals surface area contributed by atoms with Gasteiger partial charge in [-0.15, -0.1) is 0 Å². The molecular weight excluding hydrogens is 274 g/mol. The van der Waals surface area contributed by atoms with Crippen molar-refractivity contribution in [2.24, 2.45) is 5.92 Å². The molecule has 1 saturated carbocycles. The second kappa shape index (κ2) is 5.37. The van der Waals surface area contributed by atoms with Crippen LogP contribution >= 0.6 is 0 Å². The van der Waals surface area contributed by atoms with Crippen LogP contribution in [-0.4, -0.2) is 30.4 Å². The van der Waals surface area contributed by atoms with Crippen LogP contribution in [0.5, 0.6) is 5.75 Å². The molecule has 1 aliphatic heterocycles. The molecule has 1 aromatic carbocycles. The summed E-state index contributed by atoms with van der Waals surface area (Å²) in [6.45, 7) is 0.581. The van der Waals surface area contributed by atoms with Gasteiger partial charge in [0.25, 0.3) is 0 Å². The Morgan fingerprint density at radius 1 is 1.05 bits per heavy atom. The average Bonchev–Trinajstić information content (AvgIpc) is 2.47. The number of hydrogen-bond donors (Lipinski definition) is 1. The first-order valence-corrected chi connectivity index (χ1v) is 8.84. The van der Waals surface area contributed by atoms with Crippen LogP contribution in [-0.2, 0) is 10.0 Å². The Morgan fingerprint density at radius 3 is 2.55 bits per heavy atom. The van der Waals surface area contributed by atoms with E-state index in [0.29, 0.717) is 12.5 Å². The molecule has 3 rings (SSSR count). The van der Waals surface area contributed by atoms with Gasteiger partial charge in [0.05, 0.1) is 0 Å². The van der Waals surface area contributed by atoms with Crippen molar-refractivity contribution in [3.8, 4) is 5.75 Å². The quantitative estimate of drug-likeness (QED) is 0.912. The first kappa shape index (κ1) is 13.9. The van der Waals surface area contributed by atoms with Crippen LogP contribution in [0.25, 0.3) is 0 Å². The lowest BCUT2D eigenvalue weighted by Gasteiger charge is -2.43. The summed E-state index contributed by atoms with van der Waals surface area (Å²) in [6, 6.07) is 6.37. The summed E-state index contributed by atoms with van der Waals surface area (Å²) in [6.07, 6.45) is 6.47. The number of phenolic OH excluding ortho intramolecular Hbond substituents is 1. The van der Waals surface area contributed by atoms with Gasteiger partial charge >= 0.3 is 0 Å². The summed E-state index contributed by atoms with van der Waals surface area (Å²) in [7, 11) is -3.58. The summed E-state index contributed by atoms with van der Waals surface area (Å²) < 4.78 is 27.3. The van der Waals surface area contributed by atoms with Crippen molar-refractivity contribution in [3.63, 3.8) is 0 Å². The molecule has 2 aliphatic rings. The molecule has 0 aromatic heterocycles. The number of fused-ring (bicyclic) bond motifs is 1. The Kier molecular flexibility index (Phi) is 3.73. The fourth-order valence-corrected chi connectivity index (χ4v) is 5.52. The second-order valence-corrected chi connectivity index (χ2v) is 7.70. The van der Waals surface area contributed by atoms with Crippen LogP contribution in [0.2, 0.25) is 0 Å². The molecule has 0 radical (unpaired) electrons. The Hall–Kier alpha value is -1.07. The lowest BCUT2D eigenvalue weighted by Crippen LogP contribution is -2.49. The average molecular weight is 295 g/mol. The molecule has 1 saturated heterocycles. The van der Waals surface area contributed by atoms with Crippen molar-refractivity contribution in [1.82, 2.24) is 4.31 Å². The van der Waals surface area contributed by atoms with Crippen LogP contribution in [0.1, 0.15) is 38.5 Å². The van der Waals surface area contributed by atoms with Crippen LogP contribution in [0.3, 0.4) is 0 Å². The maximum absolute atomic E-state index is 12.8. The van der Waals surface area contributed by atoms with E-state index in [0.717, 1.165) is 32.1 Å². The van der Waals surface area contributed by atoms with E-state index in [9.17, 15) is 13.5 Å². The van der Waals surface area contributed by atoms with Gasteiger partial charge in [-0.3, -0.25) is 0 Å². The van der Waals surface area contributed by atoms with Crippen molar-refractivity contribution < 1.29 is 13.5 Å². The first-order valence-electron chi connectivity index (χ1n) is 7.40. The molecule has 4 nitrogen and oxygen atoms in total. The van der Waals surface area contributed by atoms with E-state index >= 15 is 0 Å². The zero-order valence-corrected chi connectivity index (χ0v) is 12.3. The second-order valence-electron chi connectivity index (χ2n) is 5.84. The molecule has 1 aliphatic carbocycles. The molecule has 1 heterocycles. The predicted octanol–water partition coefficient (Wildman–Crippen LogP) is 2.74. The van der Waals surface area contributed by atoms with Gasteiger partial charge in [0.2, 0.25) is 10.0 Å². The Morgan fingerprint density at radius 2 is 1.75 bits per heavy atom. The number of phenols is 1. The van der Waals surface area contributed by atoms with Crippen LogP contribution in [0.15, 0.2) is 29.2 Å². The van der Waals surface area contributed by atoms with Crippen molar-refractivity contribution in [1.29, 1.82) is 0 Å².